The van der Waals surface area contributed by atoms with Gasteiger partial charge in [0.1, 0.15) is 5.75 Å². The van der Waals surface area contributed by atoms with Gasteiger partial charge in [0, 0.05) is 19.2 Å². The van der Waals surface area contributed by atoms with Crippen molar-refractivity contribution in [1.82, 2.24) is 5.32 Å². The van der Waals surface area contributed by atoms with Crippen LogP contribution in [-0.4, -0.2) is 39.0 Å². The summed E-state index contributed by atoms with van der Waals surface area (Å²) in [5, 5.41) is 3.45. The van der Waals surface area contributed by atoms with Gasteiger partial charge in [-0.1, -0.05) is 26.0 Å². The van der Waals surface area contributed by atoms with Gasteiger partial charge in [0.25, 0.3) is 0 Å². The number of hydrogen-bond acceptors (Lipinski definition) is 4. The van der Waals surface area contributed by atoms with Crippen molar-refractivity contribution in [2.24, 2.45) is 0 Å². The fourth-order valence-corrected chi connectivity index (χ4v) is 2.28. The van der Waals surface area contributed by atoms with Gasteiger partial charge in [-0.3, -0.25) is 0 Å². The Morgan fingerprint density at radius 3 is 2.90 bits per heavy atom. The first-order valence-electron chi connectivity index (χ1n) is 7.29. The monoisotopic (exact) mass is 279 g/mol. The molecule has 0 amide bonds. The largest absolute Gasteiger partial charge is 0.497 e. The third-order valence-corrected chi connectivity index (χ3v) is 3.42. The minimum atomic E-state index is 0.0270. The highest BCUT2D eigenvalue weighted by Gasteiger charge is 2.22. The zero-order valence-electron chi connectivity index (χ0n) is 12.6. The Balaban J connectivity index is 2.06. The Hall–Kier alpha value is -1.10. The second kappa shape index (κ2) is 7.62. The second-order valence-electron chi connectivity index (χ2n) is 5.45. The Morgan fingerprint density at radius 1 is 1.40 bits per heavy atom. The maximum absolute atomic E-state index is 6.20. The van der Waals surface area contributed by atoms with Crippen molar-refractivity contribution >= 4 is 0 Å². The predicted molar refractivity (Wildman–Crippen MR) is 79.2 cm³/mol. The summed E-state index contributed by atoms with van der Waals surface area (Å²) < 4.78 is 16.9. The Bertz CT molecular complexity index is 402. The molecule has 1 heterocycles. The van der Waals surface area contributed by atoms with Crippen LogP contribution in [0.4, 0.5) is 0 Å². The molecule has 0 radical (unpaired) electrons. The first-order valence-corrected chi connectivity index (χ1v) is 7.29. The van der Waals surface area contributed by atoms with Gasteiger partial charge in [0.2, 0.25) is 0 Å². The van der Waals surface area contributed by atoms with Crippen LogP contribution in [0.3, 0.4) is 0 Å². The average Bonchev–Trinajstić information content (AvgIpc) is 2.96. The van der Waals surface area contributed by atoms with Crippen LogP contribution in [0.25, 0.3) is 0 Å². The third-order valence-electron chi connectivity index (χ3n) is 3.42. The molecule has 0 aromatic heterocycles. The molecule has 0 bridgehead atoms. The normalized spacial score (nSPS) is 20.3. The van der Waals surface area contributed by atoms with Crippen molar-refractivity contribution in [2.45, 2.75) is 38.5 Å². The van der Waals surface area contributed by atoms with Gasteiger partial charge in [0.05, 0.1) is 25.9 Å². The minimum absolute atomic E-state index is 0.0270. The van der Waals surface area contributed by atoms with Crippen LogP contribution in [-0.2, 0) is 9.47 Å². The lowest BCUT2D eigenvalue weighted by molar-refractivity contribution is -0.0172. The lowest BCUT2D eigenvalue weighted by Crippen LogP contribution is -2.31. The van der Waals surface area contributed by atoms with Gasteiger partial charge in [0.15, 0.2) is 0 Å². The van der Waals surface area contributed by atoms with E-state index in [1.54, 1.807) is 7.11 Å². The molecule has 20 heavy (non-hydrogen) atoms. The number of hydrogen-bond donors (Lipinski definition) is 1. The molecule has 1 aromatic carbocycles. The fraction of sp³-hybridized carbons (Fsp3) is 0.625. The zero-order chi connectivity index (χ0) is 14.4. The second-order valence-corrected chi connectivity index (χ2v) is 5.45. The molecule has 1 aliphatic heterocycles. The minimum Gasteiger partial charge on any atom is -0.497 e. The van der Waals surface area contributed by atoms with Crippen LogP contribution in [0.5, 0.6) is 5.75 Å². The van der Waals surface area contributed by atoms with Gasteiger partial charge in [-0.2, -0.15) is 0 Å². The van der Waals surface area contributed by atoms with Crippen molar-refractivity contribution in [3.05, 3.63) is 29.8 Å². The lowest BCUT2D eigenvalue weighted by Gasteiger charge is -2.23. The maximum Gasteiger partial charge on any atom is 0.119 e. The lowest BCUT2D eigenvalue weighted by atomic mass is 10.1. The number of nitrogens with one attached hydrogen (secondary N) is 1. The van der Waals surface area contributed by atoms with Crippen LogP contribution in [0.1, 0.15) is 31.9 Å². The molecule has 2 unspecified atom stereocenters. The SMILES string of the molecule is COc1cccc(C(CNC(C)C)OC2CCOC2)c1. The molecule has 1 aromatic rings. The van der Waals surface area contributed by atoms with Gasteiger partial charge >= 0.3 is 0 Å². The molecule has 0 spiro atoms. The van der Waals surface area contributed by atoms with E-state index in [1.165, 1.54) is 0 Å². The molecule has 4 nitrogen and oxygen atoms in total. The van der Waals surface area contributed by atoms with E-state index >= 15 is 0 Å². The molecular formula is C16H25NO3. The molecule has 1 aliphatic rings. The summed E-state index contributed by atoms with van der Waals surface area (Å²) >= 11 is 0. The highest BCUT2D eigenvalue weighted by Crippen LogP contribution is 2.25. The molecule has 2 atom stereocenters. The van der Waals surface area contributed by atoms with E-state index in [0.29, 0.717) is 12.6 Å². The van der Waals surface area contributed by atoms with Crippen molar-refractivity contribution in [2.75, 3.05) is 26.9 Å². The predicted octanol–water partition coefficient (Wildman–Crippen LogP) is 2.54. The van der Waals surface area contributed by atoms with Crippen molar-refractivity contribution in [1.29, 1.82) is 0 Å². The molecule has 0 saturated carbocycles. The van der Waals surface area contributed by atoms with Gasteiger partial charge in [-0.05, 0) is 24.1 Å². The third kappa shape index (κ3) is 4.47. The molecule has 1 fully saturated rings. The Kier molecular flexibility index (Phi) is 5.83. The number of ether oxygens (including phenoxy) is 3. The smallest absolute Gasteiger partial charge is 0.119 e. The summed E-state index contributed by atoms with van der Waals surface area (Å²) in [6.07, 6.45) is 1.20. The van der Waals surface area contributed by atoms with E-state index in [1.807, 2.05) is 18.2 Å². The van der Waals surface area contributed by atoms with E-state index < -0.39 is 0 Å². The number of methoxy groups -OCH3 is 1. The van der Waals surface area contributed by atoms with Crippen molar-refractivity contribution < 1.29 is 14.2 Å². The summed E-state index contributed by atoms with van der Waals surface area (Å²) in [5.41, 5.74) is 1.14. The standard InChI is InChI=1S/C16H25NO3/c1-12(2)17-10-16(20-15-7-8-19-11-15)13-5-4-6-14(9-13)18-3/h4-6,9,12,15-17H,7-8,10-11H2,1-3H3. The summed E-state index contributed by atoms with van der Waals surface area (Å²) in [5.74, 6) is 0.864. The molecule has 2 rings (SSSR count). The quantitative estimate of drug-likeness (QED) is 0.832. The topological polar surface area (TPSA) is 39.7 Å². The highest BCUT2D eigenvalue weighted by molar-refractivity contribution is 5.30. The van der Waals surface area contributed by atoms with Crippen molar-refractivity contribution in [3.8, 4) is 5.75 Å². The zero-order valence-corrected chi connectivity index (χ0v) is 12.6. The number of benzene rings is 1. The van der Waals surface area contributed by atoms with E-state index in [9.17, 15) is 0 Å². The first-order chi connectivity index (χ1) is 9.69. The molecule has 1 saturated heterocycles. The van der Waals surface area contributed by atoms with Crippen LogP contribution in [0.2, 0.25) is 0 Å². The van der Waals surface area contributed by atoms with E-state index in [2.05, 4.69) is 25.2 Å². The summed E-state index contributed by atoms with van der Waals surface area (Å²) in [6, 6.07) is 8.53. The van der Waals surface area contributed by atoms with Crippen molar-refractivity contribution in [3.63, 3.8) is 0 Å². The van der Waals surface area contributed by atoms with E-state index in [0.717, 1.165) is 30.9 Å². The van der Waals surface area contributed by atoms with E-state index in [-0.39, 0.29) is 12.2 Å². The average molecular weight is 279 g/mol. The Labute approximate surface area is 121 Å². The fourth-order valence-electron chi connectivity index (χ4n) is 2.28. The highest BCUT2D eigenvalue weighted by atomic mass is 16.6. The van der Waals surface area contributed by atoms with Crippen LogP contribution < -0.4 is 10.1 Å². The van der Waals surface area contributed by atoms with Gasteiger partial charge in [-0.25, -0.2) is 0 Å². The number of rotatable bonds is 7. The molecule has 4 heteroatoms. The van der Waals surface area contributed by atoms with Crippen LogP contribution in [0, 0.1) is 0 Å². The van der Waals surface area contributed by atoms with Crippen LogP contribution >= 0.6 is 0 Å². The maximum atomic E-state index is 6.20. The summed E-state index contributed by atoms with van der Waals surface area (Å²) in [4.78, 5) is 0. The van der Waals surface area contributed by atoms with Crippen LogP contribution in [0.15, 0.2) is 24.3 Å². The molecular weight excluding hydrogens is 254 g/mol. The van der Waals surface area contributed by atoms with Gasteiger partial charge in [-0.15, -0.1) is 0 Å². The molecule has 0 aliphatic carbocycles. The first kappa shape index (κ1) is 15.3. The van der Waals surface area contributed by atoms with E-state index in [4.69, 9.17) is 14.2 Å². The molecule has 112 valence electrons. The molecule has 1 N–H and O–H groups in total. The van der Waals surface area contributed by atoms with Gasteiger partial charge < -0.3 is 19.5 Å². The summed E-state index contributed by atoms with van der Waals surface area (Å²) in [6.45, 7) is 6.57. The summed E-state index contributed by atoms with van der Waals surface area (Å²) in [7, 11) is 1.69. The Morgan fingerprint density at radius 2 is 2.25 bits per heavy atom.